The number of nitro benzene ring substituents is 1. The fourth-order valence-corrected chi connectivity index (χ4v) is 1.90. The Labute approximate surface area is 126 Å². The minimum Gasteiger partial charge on any atom is -0.497 e. The van der Waals surface area contributed by atoms with Gasteiger partial charge < -0.3 is 15.2 Å². The monoisotopic (exact) mass is 302 g/mol. The van der Waals surface area contributed by atoms with Crippen LogP contribution in [0, 0.1) is 10.1 Å². The number of methoxy groups -OCH3 is 1. The number of amides is 1. The third kappa shape index (κ3) is 3.51. The van der Waals surface area contributed by atoms with Crippen LogP contribution >= 0.6 is 0 Å². The van der Waals surface area contributed by atoms with Crippen LogP contribution in [-0.2, 0) is 4.79 Å². The Morgan fingerprint density at radius 2 is 1.91 bits per heavy atom. The molecule has 0 radical (unpaired) electrons. The van der Waals surface area contributed by atoms with Gasteiger partial charge in [-0.15, -0.1) is 0 Å². The summed E-state index contributed by atoms with van der Waals surface area (Å²) in [7, 11) is 1.55. The number of primary amides is 1. The fourth-order valence-electron chi connectivity index (χ4n) is 1.90. The molecule has 0 aromatic heterocycles. The first-order chi connectivity index (χ1) is 10.5. The Hall–Kier alpha value is -3.09. The van der Waals surface area contributed by atoms with Gasteiger partial charge in [0.05, 0.1) is 12.0 Å². The van der Waals surface area contributed by atoms with Crippen molar-refractivity contribution in [2.45, 2.75) is 0 Å². The van der Waals surface area contributed by atoms with Crippen molar-refractivity contribution in [2.24, 2.45) is 5.73 Å². The zero-order chi connectivity index (χ0) is 16.1. The third-order valence-electron chi connectivity index (χ3n) is 2.94. The smallest absolute Gasteiger partial charge is 0.270 e. The molecule has 7 heteroatoms. The maximum Gasteiger partial charge on any atom is 0.270 e. The van der Waals surface area contributed by atoms with E-state index in [-0.39, 0.29) is 12.3 Å². The Kier molecular flexibility index (Phi) is 4.57. The summed E-state index contributed by atoms with van der Waals surface area (Å²) < 4.78 is 10.4. The Bertz CT molecular complexity index is 698. The van der Waals surface area contributed by atoms with Gasteiger partial charge in [-0.25, -0.2) is 0 Å². The second-order valence-corrected chi connectivity index (χ2v) is 4.42. The number of ether oxygens (including phenoxy) is 2. The molecule has 0 aliphatic heterocycles. The van der Waals surface area contributed by atoms with Crippen molar-refractivity contribution in [3.8, 4) is 22.6 Å². The van der Waals surface area contributed by atoms with Crippen LogP contribution in [-0.4, -0.2) is 24.5 Å². The zero-order valence-electron chi connectivity index (χ0n) is 11.8. The summed E-state index contributed by atoms with van der Waals surface area (Å²) in [4.78, 5) is 21.3. The van der Waals surface area contributed by atoms with Crippen LogP contribution in [0.25, 0.3) is 11.1 Å². The first-order valence-electron chi connectivity index (χ1n) is 6.35. The molecule has 0 unspecified atom stereocenters. The average molecular weight is 302 g/mol. The molecule has 0 saturated carbocycles. The van der Waals surface area contributed by atoms with Gasteiger partial charge in [0.25, 0.3) is 11.6 Å². The van der Waals surface area contributed by atoms with Crippen molar-refractivity contribution >= 4 is 11.6 Å². The minimum absolute atomic E-state index is 0.0720. The molecule has 0 aliphatic carbocycles. The molecule has 114 valence electrons. The molecule has 2 aromatic carbocycles. The summed E-state index contributed by atoms with van der Waals surface area (Å²) in [5.74, 6) is 0.377. The van der Waals surface area contributed by atoms with Gasteiger partial charge in [-0.05, 0) is 23.8 Å². The van der Waals surface area contributed by atoms with E-state index in [2.05, 4.69) is 0 Å². The molecule has 0 fully saturated rings. The number of carbonyl (C=O) groups is 1. The number of hydrogen-bond acceptors (Lipinski definition) is 5. The van der Waals surface area contributed by atoms with Gasteiger partial charge in [0.1, 0.15) is 11.5 Å². The Morgan fingerprint density at radius 3 is 2.45 bits per heavy atom. The summed E-state index contributed by atoms with van der Waals surface area (Å²) in [6.07, 6.45) is 0. The number of non-ortho nitro benzene ring substituents is 1. The van der Waals surface area contributed by atoms with E-state index in [4.69, 9.17) is 15.2 Å². The molecule has 1 amide bonds. The van der Waals surface area contributed by atoms with Crippen molar-refractivity contribution in [1.29, 1.82) is 0 Å². The summed E-state index contributed by atoms with van der Waals surface area (Å²) in [6.45, 7) is -0.305. The predicted molar refractivity (Wildman–Crippen MR) is 79.8 cm³/mol. The molecular formula is C15H14N2O5. The molecule has 2 rings (SSSR count). The number of nitrogens with zero attached hydrogens (tertiary/aromatic N) is 1. The van der Waals surface area contributed by atoms with Gasteiger partial charge in [-0.3, -0.25) is 14.9 Å². The Balaban J connectivity index is 2.45. The molecule has 2 N–H and O–H groups in total. The van der Waals surface area contributed by atoms with Gasteiger partial charge in [0, 0.05) is 17.7 Å². The second kappa shape index (κ2) is 6.57. The van der Waals surface area contributed by atoms with Crippen molar-refractivity contribution in [1.82, 2.24) is 0 Å². The van der Waals surface area contributed by atoms with Crippen LogP contribution in [0.5, 0.6) is 11.5 Å². The van der Waals surface area contributed by atoms with Crippen LogP contribution in [0.2, 0.25) is 0 Å². The zero-order valence-corrected chi connectivity index (χ0v) is 11.8. The molecule has 0 bridgehead atoms. The highest BCUT2D eigenvalue weighted by Gasteiger charge is 2.14. The lowest BCUT2D eigenvalue weighted by Gasteiger charge is -2.11. The van der Waals surface area contributed by atoms with Gasteiger partial charge in [-0.2, -0.15) is 0 Å². The van der Waals surface area contributed by atoms with Gasteiger partial charge >= 0.3 is 0 Å². The molecule has 7 nitrogen and oxygen atoms in total. The van der Waals surface area contributed by atoms with Crippen molar-refractivity contribution < 1.29 is 19.2 Å². The van der Waals surface area contributed by atoms with Crippen LogP contribution in [0.3, 0.4) is 0 Å². The molecule has 0 aliphatic rings. The van der Waals surface area contributed by atoms with Crippen LogP contribution in [0.4, 0.5) is 5.69 Å². The third-order valence-corrected chi connectivity index (χ3v) is 2.94. The normalized spacial score (nSPS) is 10.0. The average Bonchev–Trinajstić information content (AvgIpc) is 2.52. The summed E-state index contributed by atoms with van der Waals surface area (Å²) in [5, 5.41) is 10.9. The quantitative estimate of drug-likeness (QED) is 0.650. The van der Waals surface area contributed by atoms with E-state index in [1.807, 2.05) is 0 Å². The van der Waals surface area contributed by atoms with Crippen molar-refractivity contribution in [3.63, 3.8) is 0 Å². The van der Waals surface area contributed by atoms with E-state index in [9.17, 15) is 14.9 Å². The summed E-state index contributed by atoms with van der Waals surface area (Å²) >= 11 is 0. The molecular weight excluding hydrogens is 288 g/mol. The predicted octanol–water partition coefficient (Wildman–Crippen LogP) is 2.13. The molecule has 0 saturated heterocycles. The number of nitro groups is 1. The lowest BCUT2D eigenvalue weighted by atomic mass is 10.0. The molecule has 0 heterocycles. The minimum atomic E-state index is -0.626. The number of carbonyl (C=O) groups excluding carboxylic acids is 1. The summed E-state index contributed by atoms with van der Waals surface area (Å²) in [5.41, 5.74) is 6.18. The van der Waals surface area contributed by atoms with E-state index < -0.39 is 10.8 Å². The highest BCUT2D eigenvalue weighted by molar-refractivity contribution is 5.77. The topological polar surface area (TPSA) is 105 Å². The van der Waals surface area contributed by atoms with Crippen molar-refractivity contribution in [2.75, 3.05) is 13.7 Å². The van der Waals surface area contributed by atoms with Gasteiger partial charge in [0.15, 0.2) is 6.61 Å². The maximum atomic E-state index is 10.9. The van der Waals surface area contributed by atoms with E-state index >= 15 is 0 Å². The van der Waals surface area contributed by atoms with Crippen LogP contribution < -0.4 is 15.2 Å². The lowest BCUT2D eigenvalue weighted by molar-refractivity contribution is -0.384. The SMILES string of the molecule is COc1ccc(-c2cc([N+](=O)[O-])ccc2OCC(N)=O)cc1. The highest BCUT2D eigenvalue weighted by Crippen LogP contribution is 2.34. The molecule has 0 atom stereocenters. The van der Waals surface area contributed by atoms with Gasteiger partial charge in [0.2, 0.25) is 0 Å². The Morgan fingerprint density at radius 1 is 1.23 bits per heavy atom. The fraction of sp³-hybridized carbons (Fsp3) is 0.133. The standard InChI is InChI=1S/C15H14N2O5/c1-21-12-5-2-10(3-6-12)13-8-11(17(19)20)4-7-14(13)22-9-15(16)18/h2-8H,9H2,1H3,(H2,16,18). The maximum absolute atomic E-state index is 10.9. The number of hydrogen-bond donors (Lipinski definition) is 1. The molecule has 2 aromatic rings. The summed E-state index contributed by atoms with van der Waals surface area (Å²) in [6, 6.07) is 11.1. The number of benzene rings is 2. The molecule has 22 heavy (non-hydrogen) atoms. The van der Waals surface area contributed by atoms with Crippen LogP contribution in [0.15, 0.2) is 42.5 Å². The highest BCUT2D eigenvalue weighted by atomic mass is 16.6. The van der Waals surface area contributed by atoms with Crippen molar-refractivity contribution in [3.05, 3.63) is 52.6 Å². The van der Waals surface area contributed by atoms with Gasteiger partial charge in [-0.1, -0.05) is 12.1 Å². The largest absolute Gasteiger partial charge is 0.497 e. The van der Waals surface area contributed by atoms with E-state index in [0.29, 0.717) is 22.6 Å². The van der Waals surface area contributed by atoms with E-state index in [0.717, 1.165) is 0 Å². The first kappa shape index (κ1) is 15.3. The second-order valence-electron chi connectivity index (χ2n) is 4.42. The molecule has 0 spiro atoms. The number of rotatable bonds is 6. The van der Waals surface area contributed by atoms with Crippen LogP contribution in [0.1, 0.15) is 0 Å². The lowest BCUT2D eigenvalue weighted by Crippen LogP contribution is -2.20. The van der Waals surface area contributed by atoms with E-state index in [1.54, 1.807) is 31.4 Å². The van der Waals surface area contributed by atoms with E-state index in [1.165, 1.54) is 18.2 Å². The number of nitrogens with two attached hydrogens (primary N) is 1. The first-order valence-corrected chi connectivity index (χ1v) is 6.35.